The highest BCUT2D eigenvalue weighted by Gasteiger charge is 2.16. The number of sulfone groups is 1. The van der Waals surface area contributed by atoms with Crippen LogP contribution in [0.4, 0.5) is 5.82 Å². The smallest absolute Gasteiger partial charge is 0.293 e. The van der Waals surface area contributed by atoms with Crippen molar-refractivity contribution in [1.82, 2.24) is 9.55 Å². The Bertz CT molecular complexity index is 585. The van der Waals surface area contributed by atoms with Gasteiger partial charge in [-0.05, 0) is 20.8 Å². The van der Waals surface area contributed by atoms with E-state index < -0.39 is 9.84 Å². The van der Waals surface area contributed by atoms with Crippen molar-refractivity contribution in [2.45, 2.75) is 33.2 Å². The van der Waals surface area contributed by atoms with Crippen LogP contribution in [-0.2, 0) is 15.4 Å². The summed E-state index contributed by atoms with van der Waals surface area (Å²) in [6.45, 7) is 7.54. The number of nitrogens with one attached hydrogen (secondary N) is 1. The van der Waals surface area contributed by atoms with Crippen molar-refractivity contribution in [3.63, 3.8) is 0 Å². The number of aromatic nitrogens is 2. The summed E-state index contributed by atoms with van der Waals surface area (Å²) in [5.74, 6) is 0.279. The summed E-state index contributed by atoms with van der Waals surface area (Å²) in [5.41, 5.74) is -0.588. The average Bonchev–Trinajstić information content (AvgIpc) is 2.29. The third kappa shape index (κ3) is 4.34. The van der Waals surface area contributed by atoms with Crippen LogP contribution in [0, 0.1) is 0 Å². The lowest BCUT2D eigenvalue weighted by Gasteiger charge is -2.22. The van der Waals surface area contributed by atoms with Crippen LogP contribution in [0.3, 0.4) is 0 Å². The number of rotatable bonds is 5. The van der Waals surface area contributed by atoms with Gasteiger partial charge in [-0.3, -0.25) is 4.79 Å². The minimum Gasteiger partial charge on any atom is -0.364 e. The molecule has 0 aliphatic heterocycles. The SMILES string of the molecule is CCS(=O)(=O)CCNc1nccn(C(C)(C)C)c1=O. The fourth-order valence-corrected chi connectivity index (χ4v) is 2.23. The van der Waals surface area contributed by atoms with Gasteiger partial charge in [-0.15, -0.1) is 0 Å². The molecule has 0 fully saturated rings. The molecule has 0 bridgehead atoms. The lowest BCUT2D eigenvalue weighted by atomic mass is 10.1. The molecule has 108 valence electrons. The highest BCUT2D eigenvalue weighted by Crippen LogP contribution is 2.10. The molecule has 1 N–H and O–H groups in total. The molecule has 7 heteroatoms. The topological polar surface area (TPSA) is 81.1 Å². The lowest BCUT2D eigenvalue weighted by Crippen LogP contribution is -2.35. The van der Waals surface area contributed by atoms with Gasteiger partial charge in [0.2, 0.25) is 0 Å². The van der Waals surface area contributed by atoms with Crippen LogP contribution in [0.2, 0.25) is 0 Å². The zero-order valence-corrected chi connectivity index (χ0v) is 12.6. The van der Waals surface area contributed by atoms with Crippen LogP contribution < -0.4 is 10.9 Å². The van der Waals surface area contributed by atoms with Gasteiger partial charge in [-0.25, -0.2) is 13.4 Å². The molecule has 0 saturated carbocycles. The fraction of sp³-hybridized carbons (Fsp3) is 0.667. The fourth-order valence-electron chi connectivity index (χ4n) is 1.53. The lowest BCUT2D eigenvalue weighted by molar-refractivity contribution is 0.383. The highest BCUT2D eigenvalue weighted by atomic mass is 32.2. The maximum atomic E-state index is 12.1. The number of anilines is 1. The minimum atomic E-state index is -3.04. The summed E-state index contributed by atoms with van der Waals surface area (Å²) in [6, 6.07) is 0. The van der Waals surface area contributed by atoms with Crippen molar-refractivity contribution in [3.05, 3.63) is 22.7 Å². The maximum Gasteiger partial charge on any atom is 0.293 e. The molecule has 0 aromatic carbocycles. The molecule has 0 saturated heterocycles. The molecule has 0 unspecified atom stereocenters. The van der Waals surface area contributed by atoms with Gasteiger partial charge in [0.1, 0.15) is 0 Å². The predicted molar refractivity (Wildman–Crippen MR) is 76.3 cm³/mol. The van der Waals surface area contributed by atoms with Crippen molar-refractivity contribution in [1.29, 1.82) is 0 Å². The average molecular weight is 287 g/mol. The maximum absolute atomic E-state index is 12.1. The Kier molecular flexibility index (Phi) is 4.73. The van der Waals surface area contributed by atoms with E-state index in [0.29, 0.717) is 0 Å². The van der Waals surface area contributed by atoms with E-state index in [1.807, 2.05) is 20.8 Å². The minimum absolute atomic E-state index is 0.00493. The Balaban J connectivity index is 2.84. The van der Waals surface area contributed by atoms with Crippen molar-refractivity contribution in [2.75, 3.05) is 23.4 Å². The van der Waals surface area contributed by atoms with E-state index in [0.717, 1.165) is 0 Å². The molecule has 0 aliphatic carbocycles. The third-order valence-electron chi connectivity index (χ3n) is 2.71. The molecule has 19 heavy (non-hydrogen) atoms. The second-order valence-electron chi connectivity index (χ2n) is 5.28. The number of nitrogens with zero attached hydrogens (tertiary/aromatic N) is 2. The Hall–Kier alpha value is -1.37. The molecule has 1 aromatic rings. The van der Waals surface area contributed by atoms with Crippen LogP contribution in [0.25, 0.3) is 0 Å². The normalized spacial score (nSPS) is 12.4. The van der Waals surface area contributed by atoms with E-state index in [1.165, 1.54) is 6.20 Å². The molecule has 1 aromatic heterocycles. The van der Waals surface area contributed by atoms with E-state index in [2.05, 4.69) is 10.3 Å². The number of hydrogen-bond donors (Lipinski definition) is 1. The van der Waals surface area contributed by atoms with Crippen LogP contribution in [0.5, 0.6) is 0 Å². The van der Waals surface area contributed by atoms with Gasteiger partial charge in [0.25, 0.3) is 5.56 Å². The van der Waals surface area contributed by atoms with Gasteiger partial charge in [0.15, 0.2) is 15.7 Å². The standard InChI is InChI=1S/C12H21N3O3S/c1-5-19(17,18)9-7-14-10-11(16)15(8-6-13-10)12(2,3)4/h6,8H,5,7,9H2,1-4H3,(H,13,14). The number of hydrogen-bond acceptors (Lipinski definition) is 5. The Morgan fingerprint density at radius 3 is 2.53 bits per heavy atom. The van der Waals surface area contributed by atoms with Crippen LogP contribution in [0.1, 0.15) is 27.7 Å². The third-order valence-corrected chi connectivity index (χ3v) is 4.41. The van der Waals surface area contributed by atoms with Gasteiger partial charge < -0.3 is 9.88 Å². The summed E-state index contributed by atoms with van der Waals surface area (Å²) in [5, 5.41) is 2.79. The van der Waals surface area contributed by atoms with E-state index in [4.69, 9.17) is 0 Å². The van der Waals surface area contributed by atoms with E-state index in [9.17, 15) is 13.2 Å². The second kappa shape index (κ2) is 5.73. The van der Waals surface area contributed by atoms with Crippen LogP contribution >= 0.6 is 0 Å². The molecule has 1 rings (SSSR count). The summed E-state index contributed by atoms with van der Waals surface area (Å²) in [4.78, 5) is 16.1. The Labute approximate surface area is 113 Å². The van der Waals surface area contributed by atoms with E-state index in [-0.39, 0.29) is 35.0 Å². The largest absolute Gasteiger partial charge is 0.364 e. The van der Waals surface area contributed by atoms with Gasteiger partial charge in [0, 0.05) is 30.2 Å². The monoisotopic (exact) mass is 287 g/mol. The van der Waals surface area contributed by atoms with Crippen LogP contribution in [-0.4, -0.2) is 36.0 Å². The van der Waals surface area contributed by atoms with Crippen LogP contribution in [0.15, 0.2) is 17.2 Å². The quantitative estimate of drug-likeness (QED) is 0.868. The van der Waals surface area contributed by atoms with Gasteiger partial charge in [-0.2, -0.15) is 0 Å². The van der Waals surface area contributed by atoms with E-state index >= 15 is 0 Å². The van der Waals surface area contributed by atoms with Gasteiger partial charge in [0.05, 0.1) is 5.75 Å². The van der Waals surface area contributed by atoms with E-state index in [1.54, 1.807) is 17.7 Å². The summed E-state index contributed by atoms with van der Waals surface area (Å²) < 4.78 is 24.3. The van der Waals surface area contributed by atoms with Crippen molar-refractivity contribution >= 4 is 15.7 Å². The first-order valence-electron chi connectivity index (χ1n) is 6.20. The molecule has 1 heterocycles. The molecule has 0 atom stereocenters. The summed E-state index contributed by atoms with van der Waals surface area (Å²) in [6.07, 6.45) is 3.15. The summed E-state index contributed by atoms with van der Waals surface area (Å²) in [7, 11) is -3.04. The molecule has 0 spiro atoms. The first-order valence-corrected chi connectivity index (χ1v) is 8.02. The molecule has 0 radical (unpaired) electrons. The first kappa shape index (κ1) is 15.7. The van der Waals surface area contributed by atoms with Gasteiger partial charge >= 0.3 is 0 Å². The first-order chi connectivity index (χ1) is 8.67. The Morgan fingerprint density at radius 2 is 2.00 bits per heavy atom. The van der Waals surface area contributed by atoms with Gasteiger partial charge in [-0.1, -0.05) is 6.92 Å². The molecule has 0 amide bonds. The van der Waals surface area contributed by atoms with Crippen molar-refractivity contribution < 1.29 is 8.42 Å². The molecular formula is C12H21N3O3S. The second-order valence-corrected chi connectivity index (χ2v) is 7.76. The van der Waals surface area contributed by atoms with Crippen molar-refractivity contribution in [3.8, 4) is 0 Å². The molecule has 0 aliphatic rings. The summed E-state index contributed by atoms with van der Waals surface area (Å²) >= 11 is 0. The highest BCUT2D eigenvalue weighted by molar-refractivity contribution is 7.91. The molecular weight excluding hydrogens is 266 g/mol. The van der Waals surface area contributed by atoms with Crippen molar-refractivity contribution in [2.24, 2.45) is 0 Å². The predicted octanol–water partition coefficient (Wildman–Crippen LogP) is 0.845. The Morgan fingerprint density at radius 1 is 1.37 bits per heavy atom. The zero-order chi connectivity index (χ0) is 14.7. The zero-order valence-electron chi connectivity index (χ0n) is 11.8. The molecule has 6 nitrogen and oxygen atoms in total.